The third-order valence-electron chi connectivity index (χ3n) is 5.68. The van der Waals surface area contributed by atoms with E-state index < -0.39 is 0 Å². The predicted molar refractivity (Wildman–Crippen MR) is 134 cm³/mol. The summed E-state index contributed by atoms with van der Waals surface area (Å²) in [7, 11) is 0. The van der Waals surface area contributed by atoms with Gasteiger partial charge in [0.05, 0.1) is 29.7 Å². The largest absolute Gasteiger partial charge is 0.378 e. The smallest absolute Gasteiger partial charge is 0.233 e. The van der Waals surface area contributed by atoms with Gasteiger partial charge in [0.25, 0.3) is 0 Å². The number of carbonyl (C=O) groups excluding carboxylic acids is 1. The van der Waals surface area contributed by atoms with E-state index in [-0.39, 0.29) is 11.7 Å². The van der Waals surface area contributed by atoms with Crippen LogP contribution in [0.2, 0.25) is 10.0 Å². The molecule has 1 saturated heterocycles. The summed E-state index contributed by atoms with van der Waals surface area (Å²) in [5.74, 6) is 0.986. The highest BCUT2D eigenvalue weighted by Gasteiger charge is 2.24. The van der Waals surface area contributed by atoms with E-state index in [1.165, 1.54) is 22.9 Å². The molecule has 1 aliphatic rings. The fraction of sp³-hybridized carbons (Fsp3) is 0.375. The van der Waals surface area contributed by atoms with Crippen molar-refractivity contribution in [3.8, 4) is 17.1 Å². The van der Waals surface area contributed by atoms with E-state index in [4.69, 9.17) is 27.9 Å². The number of halogens is 2. The molecule has 0 bridgehead atoms. The molecule has 4 rings (SSSR count). The number of hydrogen-bond donors (Lipinski definition) is 0. The summed E-state index contributed by atoms with van der Waals surface area (Å²) in [5.41, 5.74) is 4.16. The van der Waals surface area contributed by atoms with Crippen molar-refractivity contribution in [1.82, 2.24) is 19.7 Å². The molecule has 0 aliphatic carbocycles. The third kappa shape index (κ3) is 5.22. The van der Waals surface area contributed by atoms with Crippen LogP contribution in [0.15, 0.2) is 41.6 Å². The Hall–Kier alpha value is -2.06. The van der Waals surface area contributed by atoms with Gasteiger partial charge in [0.15, 0.2) is 11.0 Å². The number of morpholine rings is 1. The molecule has 6 nitrogen and oxygen atoms in total. The van der Waals surface area contributed by atoms with Crippen LogP contribution in [0.5, 0.6) is 0 Å². The Bertz CT molecular complexity index is 1120. The predicted octanol–water partition coefficient (Wildman–Crippen LogP) is 5.32. The molecule has 1 fully saturated rings. The Morgan fingerprint density at radius 1 is 1.06 bits per heavy atom. The summed E-state index contributed by atoms with van der Waals surface area (Å²) in [6.45, 7) is 6.66. The van der Waals surface area contributed by atoms with Crippen LogP contribution < -0.4 is 0 Å². The normalized spacial score (nSPS) is 14.0. The van der Waals surface area contributed by atoms with E-state index in [2.05, 4.69) is 42.2 Å². The quantitative estimate of drug-likeness (QED) is 0.407. The third-order valence-corrected chi connectivity index (χ3v) is 7.14. The van der Waals surface area contributed by atoms with Gasteiger partial charge in [0, 0.05) is 23.7 Å². The zero-order valence-electron chi connectivity index (χ0n) is 18.7. The van der Waals surface area contributed by atoms with Crippen LogP contribution >= 0.6 is 35.0 Å². The fourth-order valence-corrected chi connectivity index (χ4v) is 5.28. The number of amides is 1. The van der Waals surface area contributed by atoms with E-state index in [1.54, 1.807) is 12.1 Å². The molecule has 0 unspecified atom stereocenters. The molecule has 0 radical (unpaired) electrons. The van der Waals surface area contributed by atoms with Crippen molar-refractivity contribution in [2.75, 3.05) is 32.1 Å². The summed E-state index contributed by atoms with van der Waals surface area (Å²) in [6, 6.07) is 11.7. The van der Waals surface area contributed by atoms with Crippen molar-refractivity contribution in [3.05, 3.63) is 57.6 Å². The van der Waals surface area contributed by atoms with Gasteiger partial charge < -0.3 is 9.64 Å². The van der Waals surface area contributed by atoms with Gasteiger partial charge in [-0.1, -0.05) is 67.0 Å². The lowest BCUT2D eigenvalue weighted by Gasteiger charge is -2.26. The minimum Gasteiger partial charge on any atom is -0.378 e. The first-order chi connectivity index (χ1) is 16.0. The standard InChI is InChI=1S/C24H26Cl2N4O2S/c1-3-16-6-5-7-17(4-2)22(16)30-23(19-9-8-18(25)14-20(19)26)27-28-24(30)33-15-21(31)29-10-12-32-13-11-29/h5-9,14H,3-4,10-13,15H2,1-2H3. The second kappa shape index (κ2) is 10.9. The molecule has 1 aliphatic heterocycles. The van der Waals surface area contributed by atoms with Crippen molar-refractivity contribution in [1.29, 1.82) is 0 Å². The van der Waals surface area contributed by atoms with Crippen molar-refractivity contribution in [2.24, 2.45) is 0 Å². The fourth-order valence-electron chi connectivity index (χ4n) is 3.94. The maximum atomic E-state index is 12.8. The van der Waals surface area contributed by atoms with Gasteiger partial charge in [-0.05, 0) is 42.2 Å². The van der Waals surface area contributed by atoms with Crippen molar-refractivity contribution in [2.45, 2.75) is 31.8 Å². The maximum Gasteiger partial charge on any atom is 0.233 e. The highest BCUT2D eigenvalue weighted by molar-refractivity contribution is 7.99. The summed E-state index contributed by atoms with van der Waals surface area (Å²) in [4.78, 5) is 14.6. The van der Waals surface area contributed by atoms with Gasteiger partial charge in [0.1, 0.15) is 0 Å². The zero-order chi connectivity index (χ0) is 23.4. The van der Waals surface area contributed by atoms with Crippen LogP contribution in [0, 0.1) is 0 Å². The minimum atomic E-state index is 0.0726. The van der Waals surface area contributed by atoms with E-state index in [0.717, 1.165) is 24.1 Å². The molecule has 1 amide bonds. The number of nitrogens with zero attached hydrogens (tertiary/aromatic N) is 4. The Kier molecular flexibility index (Phi) is 7.96. The number of rotatable bonds is 7. The van der Waals surface area contributed by atoms with Crippen LogP contribution in [0.3, 0.4) is 0 Å². The molecule has 33 heavy (non-hydrogen) atoms. The van der Waals surface area contributed by atoms with Crippen LogP contribution in [0.1, 0.15) is 25.0 Å². The number of benzene rings is 2. The number of aryl methyl sites for hydroxylation is 2. The van der Waals surface area contributed by atoms with Crippen LogP contribution in [-0.4, -0.2) is 57.6 Å². The van der Waals surface area contributed by atoms with E-state index >= 15 is 0 Å². The topological polar surface area (TPSA) is 60.2 Å². The molecule has 3 aromatic rings. The van der Waals surface area contributed by atoms with Crippen LogP contribution in [-0.2, 0) is 22.4 Å². The number of aromatic nitrogens is 3. The number of carbonyl (C=O) groups is 1. The molecule has 2 aromatic carbocycles. The highest BCUT2D eigenvalue weighted by atomic mass is 35.5. The first-order valence-corrected chi connectivity index (χ1v) is 12.8. The summed E-state index contributed by atoms with van der Waals surface area (Å²) in [5, 5.41) is 10.7. The summed E-state index contributed by atoms with van der Waals surface area (Å²) < 4.78 is 7.41. The van der Waals surface area contributed by atoms with Gasteiger partial charge in [-0.25, -0.2) is 0 Å². The van der Waals surface area contributed by atoms with Gasteiger partial charge in [-0.15, -0.1) is 10.2 Å². The Morgan fingerprint density at radius 3 is 2.39 bits per heavy atom. The van der Waals surface area contributed by atoms with Gasteiger partial charge in [0.2, 0.25) is 5.91 Å². The van der Waals surface area contributed by atoms with E-state index in [9.17, 15) is 4.79 Å². The van der Waals surface area contributed by atoms with Gasteiger partial charge in [-0.2, -0.15) is 0 Å². The number of hydrogen-bond acceptors (Lipinski definition) is 5. The summed E-state index contributed by atoms with van der Waals surface area (Å²) >= 11 is 14.1. The maximum absolute atomic E-state index is 12.8. The lowest BCUT2D eigenvalue weighted by molar-refractivity contribution is -0.132. The Balaban J connectivity index is 1.78. The summed E-state index contributed by atoms with van der Waals surface area (Å²) in [6.07, 6.45) is 1.71. The molecule has 0 atom stereocenters. The molecule has 0 saturated carbocycles. The molecular weight excluding hydrogens is 479 g/mol. The Morgan fingerprint density at radius 2 is 1.76 bits per heavy atom. The second-order valence-corrected chi connectivity index (χ2v) is 9.47. The average Bonchev–Trinajstić information content (AvgIpc) is 3.25. The Labute approximate surface area is 208 Å². The van der Waals surface area contributed by atoms with Crippen LogP contribution in [0.25, 0.3) is 17.1 Å². The van der Waals surface area contributed by atoms with Crippen LogP contribution in [0.4, 0.5) is 0 Å². The van der Waals surface area contributed by atoms with Gasteiger partial charge >= 0.3 is 0 Å². The molecule has 1 aromatic heterocycles. The zero-order valence-corrected chi connectivity index (χ0v) is 21.0. The molecular formula is C24H26Cl2N4O2S. The van der Waals surface area contributed by atoms with Crippen molar-refractivity contribution >= 4 is 40.9 Å². The monoisotopic (exact) mass is 504 g/mol. The first kappa shape index (κ1) is 24.1. The number of para-hydroxylation sites is 1. The average molecular weight is 505 g/mol. The molecule has 0 spiro atoms. The van der Waals surface area contributed by atoms with E-state index in [0.29, 0.717) is 47.3 Å². The SMILES string of the molecule is CCc1cccc(CC)c1-n1c(SCC(=O)N2CCOCC2)nnc1-c1ccc(Cl)cc1Cl. The molecule has 0 N–H and O–H groups in total. The first-order valence-electron chi connectivity index (χ1n) is 11.0. The minimum absolute atomic E-state index is 0.0726. The van der Waals surface area contributed by atoms with Gasteiger partial charge in [-0.3, -0.25) is 9.36 Å². The highest BCUT2D eigenvalue weighted by Crippen LogP contribution is 2.36. The van der Waals surface area contributed by atoms with E-state index in [1.807, 2.05) is 15.5 Å². The van der Waals surface area contributed by atoms with Crippen molar-refractivity contribution in [3.63, 3.8) is 0 Å². The number of thioether (sulfide) groups is 1. The molecule has 9 heteroatoms. The second-order valence-electron chi connectivity index (χ2n) is 7.68. The number of ether oxygens (including phenoxy) is 1. The molecule has 174 valence electrons. The lowest BCUT2D eigenvalue weighted by atomic mass is 10.0. The lowest BCUT2D eigenvalue weighted by Crippen LogP contribution is -2.41. The van der Waals surface area contributed by atoms with Crippen molar-refractivity contribution < 1.29 is 9.53 Å². The molecule has 2 heterocycles.